The lowest BCUT2D eigenvalue weighted by Gasteiger charge is -2.18. The number of aryl methyl sites for hydroxylation is 1. The number of hydrogen-bond acceptors (Lipinski definition) is 4. The first-order valence-electron chi connectivity index (χ1n) is 6.25. The number of benzene rings is 1. The maximum Gasteiger partial charge on any atom is 0.253 e. The molecule has 0 saturated carbocycles. The molecule has 0 saturated heterocycles. The van der Waals surface area contributed by atoms with Gasteiger partial charge in [-0.25, -0.2) is 0 Å². The number of hydrogen-bond donors (Lipinski definition) is 2. The molecule has 0 spiro atoms. The average molecular weight is 266 g/mol. The van der Waals surface area contributed by atoms with E-state index in [1.165, 1.54) is 0 Å². The van der Waals surface area contributed by atoms with E-state index in [0.717, 1.165) is 11.3 Å². The van der Waals surface area contributed by atoms with Crippen molar-refractivity contribution in [3.63, 3.8) is 0 Å². The lowest BCUT2D eigenvalue weighted by molar-refractivity contribution is -0.131. The van der Waals surface area contributed by atoms with Gasteiger partial charge >= 0.3 is 0 Å². The quantitative estimate of drug-likeness (QED) is 0.772. The smallest absolute Gasteiger partial charge is 0.253 e. The molecule has 0 fully saturated rings. The van der Waals surface area contributed by atoms with Crippen molar-refractivity contribution < 1.29 is 14.3 Å². The number of methoxy groups -OCH3 is 1. The van der Waals surface area contributed by atoms with Crippen LogP contribution in [0.25, 0.3) is 0 Å². The van der Waals surface area contributed by atoms with Gasteiger partial charge in [0.2, 0.25) is 0 Å². The predicted octanol–water partition coefficient (Wildman–Crippen LogP) is 1.96. The predicted molar refractivity (Wildman–Crippen MR) is 76.1 cm³/mol. The van der Waals surface area contributed by atoms with Crippen molar-refractivity contribution >= 4 is 17.3 Å². The summed E-state index contributed by atoms with van der Waals surface area (Å²) in [5.74, 6) is -0.184. The fraction of sp³-hybridized carbons (Fsp3) is 0.500. The van der Waals surface area contributed by atoms with Gasteiger partial charge in [-0.15, -0.1) is 0 Å². The van der Waals surface area contributed by atoms with E-state index in [-0.39, 0.29) is 12.0 Å². The van der Waals surface area contributed by atoms with Gasteiger partial charge in [-0.2, -0.15) is 0 Å². The Morgan fingerprint density at radius 3 is 2.68 bits per heavy atom. The number of nitrogens with two attached hydrogens (primary N) is 1. The van der Waals surface area contributed by atoms with E-state index in [1.54, 1.807) is 26.2 Å². The fourth-order valence-corrected chi connectivity index (χ4v) is 1.75. The Morgan fingerprint density at radius 2 is 2.11 bits per heavy atom. The van der Waals surface area contributed by atoms with Crippen molar-refractivity contribution in [2.45, 2.75) is 33.0 Å². The van der Waals surface area contributed by atoms with Gasteiger partial charge in [0.05, 0.1) is 12.7 Å². The molecule has 0 heterocycles. The van der Waals surface area contributed by atoms with E-state index in [4.69, 9.17) is 15.2 Å². The minimum Gasteiger partial charge on any atom is -0.399 e. The van der Waals surface area contributed by atoms with Crippen LogP contribution >= 0.6 is 0 Å². The number of rotatable bonds is 6. The number of nitrogens with one attached hydrogen (secondary N) is 1. The van der Waals surface area contributed by atoms with Crippen molar-refractivity contribution in [3.05, 3.63) is 23.8 Å². The second kappa shape index (κ2) is 7.11. The summed E-state index contributed by atoms with van der Waals surface area (Å²) in [4.78, 5) is 12.0. The normalized spacial score (nSPS) is 13.9. The molecular formula is C14H22N2O3. The molecule has 5 heteroatoms. The van der Waals surface area contributed by atoms with Crippen LogP contribution in [0.5, 0.6) is 0 Å². The summed E-state index contributed by atoms with van der Waals surface area (Å²) < 4.78 is 10.5. The zero-order chi connectivity index (χ0) is 14.4. The SMILES string of the molecule is COCC(C)OC(C)C(=O)Nc1ccc(N)cc1C. The first-order valence-corrected chi connectivity index (χ1v) is 6.25. The van der Waals surface area contributed by atoms with Crippen LogP contribution in [0.2, 0.25) is 0 Å². The summed E-state index contributed by atoms with van der Waals surface area (Å²) in [5, 5.41) is 2.82. The molecule has 0 aliphatic carbocycles. The van der Waals surface area contributed by atoms with Crippen molar-refractivity contribution in [1.29, 1.82) is 0 Å². The largest absolute Gasteiger partial charge is 0.399 e. The summed E-state index contributed by atoms with van der Waals surface area (Å²) in [6, 6.07) is 5.35. The van der Waals surface area contributed by atoms with Crippen molar-refractivity contribution in [3.8, 4) is 0 Å². The molecule has 19 heavy (non-hydrogen) atoms. The van der Waals surface area contributed by atoms with E-state index < -0.39 is 6.10 Å². The first-order chi connectivity index (χ1) is 8.93. The molecular weight excluding hydrogens is 244 g/mol. The van der Waals surface area contributed by atoms with E-state index in [0.29, 0.717) is 12.3 Å². The molecule has 2 atom stereocenters. The number of ether oxygens (including phenoxy) is 2. The molecule has 0 aliphatic heterocycles. The Morgan fingerprint density at radius 1 is 1.42 bits per heavy atom. The van der Waals surface area contributed by atoms with Crippen LogP contribution in [-0.4, -0.2) is 31.8 Å². The third kappa shape index (κ3) is 4.89. The Hall–Kier alpha value is -1.59. The topological polar surface area (TPSA) is 73.6 Å². The lowest BCUT2D eigenvalue weighted by atomic mass is 10.1. The molecule has 0 aromatic heterocycles. The van der Waals surface area contributed by atoms with Crippen LogP contribution in [0.4, 0.5) is 11.4 Å². The zero-order valence-corrected chi connectivity index (χ0v) is 11.9. The highest BCUT2D eigenvalue weighted by Crippen LogP contribution is 2.18. The standard InChI is InChI=1S/C14H22N2O3/c1-9-7-12(15)5-6-13(9)16-14(17)11(3)19-10(2)8-18-4/h5-7,10-11H,8,15H2,1-4H3,(H,16,17). The molecule has 1 aromatic carbocycles. The Balaban J connectivity index is 2.58. The summed E-state index contributed by atoms with van der Waals surface area (Å²) in [5.41, 5.74) is 8.01. The summed E-state index contributed by atoms with van der Waals surface area (Å²) in [6.07, 6.45) is -0.666. The average Bonchev–Trinajstić information content (AvgIpc) is 2.32. The van der Waals surface area contributed by atoms with Gasteiger partial charge in [0.1, 0.15) is 6.10 Å². The van der Waals surface area contributed by atoms with Gasteiger partial charge in [-0.1, -0.05) is 0 Å². The first kappa shape index (κ1) is 15.5. The zero-order valence-electron chi connectivity index (χ0n) is 11.9. The summed E-state index contributed by atoms with van der Waals surface area (Å²) in [6.45, 7) is 5.93. The molecule has 1 rings (SSSR count). The third-order valence-corrected chi connectivity index (χ3v) is 2.72. The van der Waals surface area contributed by atoms with Gasteiger partial charge < -0.3 is 20.5 Å². The summed E-state index contributed by atoms with van der Waals surface area (Å²) in [7, 11) is 1.60. The number of carbonyl (C=O) groups is 1. The molecule has 5 nitrogen and oxygen atoms in total. The highest BCUT2D eigenvalue weighted by Gasteiger charge is 2.17. The third-order valence-electron chi connectivity index (χ3n) is 2.72. The van der Waals surface area contributed by atoms with E-state index >= 15 is 0 Å². The van der Waals surface area contributed by atoms with Crippen LogP contribution in [0, 0.1) is 6.92 Å². The van der Waals surface area contributed by atoms with Gasteiger partial charge in [0, 0.05) is 18.5 Å². The minimum atomic E-state index is -0.540. The molecule has 0 radical (unpaired) electrons. The molecule has 0 aliphatic rings. The van der Waals surface area contributed by atoms with Crippen LogP contribution in [-0.2, 0) is 14.3 Å². The molecule has 1 aromatic rings. The van der Waals surface area contributed by atoms with Crippen molar-refractivity contribution in [1.82, 2.24) is 0 Å². The highest BCUT2D eigenvalue weighted by atomic mass is 16.5. The van der Waals surface area contributed by atoms with Crippen LogP contribution in [0.3, 0.4) is 0 Å². The second-order valence-corrected chi connectivity index (χ2v) is 4.61. The molecule has 2 unspecified atom stereocenters. The lowest BCUT2D eigenvalue weighted by Crippen LogP contribution is -2.32. The Kier molecular flexibility index (Phi) is 5.79. The maximum absolute atomic E-state index is 12.0. The molecule has 1 amide bonds. The second-order valence-electron chi connectivity index (χ2n) is 4.61. The van der Waals surface area contributed by atoms with Crippen LogP contribution in [0.15, 0.2) is 18.2 Å². The molecule has 0 bridgehead atoms. The van der Waals surface area contributed by atoms with E-state index in [1.807, 2.05) is 19.9 Å². The van der Waals surface area contributed by atoms with E-state index in [9.17, 15) is 4.79 Å². The molecule has 106 valence electrons. The van der Waals surface area contributed by atoms with Crippen LogP contribution in [0.1, 0.15) is 19.4 Å². The number of carbonyl (C=O) groups excluding carboxylic acids is 1. The number of anilines is 2. The van der Waals surface area contributed by atoms with Gasteiger partial charge in [-0.3, -0.25) is 4.79 Å². The number of nitrogen functional groups attached to an aromatic ring is 1. The van der Waals surface area contributed by atoms with Crippen LogP contribution < -0.4 is 11.1 Å². The maximum atomic E-state index is 12.0. The molecule has 3 N–H and O–H groups in total. The highest BCUT2D eigenvalue weighted by molar-refractivity contribution is 5.94. The van der Waals surface area contributed by atoms with Gasteiger partial charge in [0.15, 0.2) is 0 Å². The van der Waals surface area contributed by atoms with Gasteiger partial charge in [-0.05, 0) is 44.5 Å². The van der Waals surface area contributed by atoms with E-state index in [2.05, 4.69) is 5.32 Å². The summed E-state index contributed by atoms with van der Waals surface area (Å²) >= 11 is 0. The minimum absolute atomic E-state index is 0.127. The number of amides is 1. The Bertz CT molecular complexity index is 435. The fourth-order valence-electron chi connectivity index (χ4n) is 1.75. The van der Waals surface area contributed by atoms with Gasteiger partial charge in [0.25, 0.3) is 5.91 Å². The monoisotopic (exact) mass is 266 g/mol. The Labute approximate surface area is 114 Å². The van der Waals surface area contributed by atoms with Crippen molar-refractivity contribution in [2.24, 2.45) is 0 Å². The van der Waals surface area contributed by atoms with Crippen molar-refractivity contribution in [2.75, 3.05) is 24.8 Å².